The van der Waals surface area contributed by atoms with E-state index in [-0.39, 0.29) is 17.5 Å². The number of nitrogens with zero attached hydrogens (tertiary/aromatic N) is 2. The predicted octanol–water partition coefficient (Wildman–Crippen LogP) is 4.08. The second-order valence-corrected chi connectivity index (χ2v) is 6.41. The van der Waals surface area contributed by atoms with Gasteiger partial charge in [-0.05, 0) is 11.6 Å². The lowest BCUT2D eigenvalue weighted by Crippen LogP contribution is -2.38. The molecule has 0 amide bonds. The first-order valence-corrected chi connectivity index (χ1v) is 8.43. The van der Waals surface area contributed by atoms with Crippen LogP contribution >= 0.6 is 15.9 Å². The maximum absolute atomic E-state index is 13.9. The Morgan fingerprint density at radius 3 is 2.84 bits per heavy atom. The smallest absolute Gasteiger partial charge is 0.295 e. The average molecular weight is 411 g/mol. The van der Waals surface area contributed by atoms with Crippen LogP contribution in [0.5, 0.6) is 5.75 Å². The number of rotatable bonds is 4. The Hall–Kier alpha value is -2.19. The Balaban J connectivity index is 1.96. The molecule has 2 aromatic carbocycles. The number of anilines is 1. The lowest BCUT2D eigenvalue weighted by molar-refractivity contribution is -0.384. The number of benzene rings is 2. The minimum Gasteiger partial charge on any atom is -0.494 e. The first-order valence-electron chi connectivity index (χ1n) is 7.64. The number of hydrogen-bond donors (Lipinski definition) is 0. The fourth-order valence-corrected chi connectivity index (χ4v) is 3.42. The summed E-state index contributed by atoms with van der Waals surface area (Å²) in [7, 11) is 1.33. The van der Waals surface area contributed by atoms with Gasteiger partial charge in [0, 0.05) is 23.6 Å². The maximum atomic E-state index is 13.9. The minimum atomic E-state index is -0.756. The molecule has 0 N–H and O–H groups in total. The molecule has 1 saturated heterocycles. The number of ether oxygens (including phenoxy) is 2. The molecule has 1 heterocycles. The lowest BCUT2D eigenvalue weighted by Gasteiger charge is -2.34. The van der Waals surface area contributed by atoms with Crippen molar-refractivity contribution in [3.63, 3.8) is 0 Å². The van der Waals surface area contributed by atoms with Crippen LogP contribution in [0.15, 0.2) is 40.9 Å². The summed E-state index contributed by atoms with van der Waals surface area (Å²) in [4.78, 5) is 12.6. The molecule has 3 rings (SSSR count). The van der Waals surface area contributed by atoms with Crippen molar-refractivity contribution in [2.75, 3.05) is 31.7 Å². The van der Waals surface area contributed by atoms with Crippen molar-refractivity contribution in [1.82, 2.24) is 0 Å². The summed E-state index contributed by atoms with van der Waals surface area (Å²) in [5, 5.41) is 11.4. The molecule has 0 spiro atoms. The highest BCUT2D eigenvalue weighted by atomic mass is 79.9. The van der Waals surface area contributed by atoms with Gasteiger partial charge in [-0.2, -0.15) is 0 Å². The van der Waals surface area contributed by atoms with E-state index in [2.05, 4.69) is 15.9 Å². The van der Waals surface area contributed by atoms with Crippen molar-refractivity contribution in [2.24, 2.45) is 0 Å². The second kappa shape index (κ2) is 7.37. The summed E-state index contributed by atoms with van der Waals surface area (Å²) in [6.45, 7) is 1.29. The van der Waals surface area contributed by atoms with E-state index in [0.717, 1.165) is 16.1 Å². The molecule has 0 saturated carbocycles. The number of nitro benzene ring substituents is 1. The summed E-state index contributed by atoms with van der Waals surface area (Å²) in [6.07, 6.45) is -0.250. The zero-order valence-corrected chi connectivity index (χ0v) is 15.0. The van der Waals surface area contributed by atoms with Crippen LogP contribution in [-0.4, -0.2) is 31.7 Å². The van der Waals surface area contributed by atoms with Gasteiger partial charge in [-0.1, -0.05) is 34.1 Å². The summed E-state index contributed by atoms with van der Waals surface area (Å²) >= 11 is 3.50. The van der Waals surface area contributed by atoms with E-state index in [4.69, 9.17) is 9.47 Å². The van der Waals surface area contributed by atoms with Gasteiger partial charge < -0.3 is 14.4 Å². The molecule has 0 aromatic heterocycles. The van der Waals surface area contributed by atoms with E-state index in [1.54, 1.807) is 0 Å². The van der Waals surface area contributed by atoms with Gasteiger partial charge in [-0.15, -0.1) is 0 Å². The molecule has 1 unspecified atom stereocenters. The summed E-state index contributed by atoms with van der Waals surface area (Å²) < 4.78 is 25.6. The van der Waals surface area contributed by atoms with Crippen molar-refractivity contribution in [1.29, 1.82) is 0 Å². The van der Waals surface area contributed by atoms with E-state index in [1.165, 1.54) is 13.2 Å². The molecule has 8 heteroatoms. The number of hydrogen-bond acceptors (Lipinski definition) is 5. The van der Waals surface area contributed by atoms with Crippen molar-refractivity contribution < 1.29 is 18.8 Å². The van der Waals surface area contributed by atoms with Crippen LogP contribution in [0.1, 0.15) is 11.7 Å². The molecule has 0 aliphatic carbocycles. The largest absolute Gasteiger partial charge is 0.494 e. The van der Waals surface area contributed by atoms with E-state index in [1.807, 2.05) is 29.2 Å². The van der Waals surface area contributed by atoms with Gasteiger partial charge in [0.1, 0.15) is 11.8 Å². The molecular formula is C17H16BrFN2O4. The minimum absolute atomic E-state index is 0.0236. The third kappa shape index (κ3) is 3.59. The van der Waals surface area contributed by atoms with Crippen molar-refractivity contribution in [2.45, 2.75) is 6.10 Å². The molecule has 25 heavy (non-hydrogen) atoms. The highest BCUT2D eigenvalue weighted by molar-refractivity contribution is 9.10. The summed E-state index contributed by atoms with van der Waals surface area (Å²) in [6, 6.07) is 9.95. The highest BCUT2D eigenvalue weighted by Crippen LogP contribution is 2.37. The zero-order valence-electron chi connectivity index (χ0n) is 13.4. The summed E-state index contributed by atoms with van der Waals surface area (Å²) in [5.41, 5.74) is 0.999. The Labute approximate surface area is 152 Å². The second-order valence-electron chi connectivity index (χ2n) is 5.56. The third-order valence-corrected chi connectivity index (χ3v) is 4.83. The van der Waals surface area contributed by atoms with E-state index in [9.17, 15) is 14.5 Å². The van der Waals surface area contributed by atoms with Crippen LogP contribution in [0.3, 0.4) is 0 Å². The zero-order chi connectivity index (χ0) is 18.0. The summed E-state index contributed by atoms with van der Waals surface area (Å²) in [5.74, 6) is -0.780. The normalized spacial score (nSPS) is 17.4. The molecular weight excluding hydrogens is 395 g/mol. The van der Waals surface area contributed by atoms with Crippen molar-refractivity contribution >= 4 is 27.3 Å². The molecule has 1 fully saturated rings. The van der Waals surface area contributed by atoms with E-state index in [0.29, 0.717) is 25.4 Å². The van der Waals surface area contributed by atoms with Crippen molar-refractivity contribution in [3.8, 4) is 5.75 Å². The average Bonchev–Trinajstić information content (AvgIpc) is 2.62. The van der Waals surface area contributed by atoms with Crippen LogP contribution < -0.4 is 9.64 Å². The quantitative estimate of drug-likeness (QED) is 0.561. The Kier molecular flexibility index (Phi) is 5.19. The first-order chi connectivity index (χ1) is 12.0. The fraction of sp³-hybridized carbons (Fsp3) is 0.294. The standard InChI is InChI=1S/C17H16BrFN2O4/c1-24-16-9-14(15(21(22)23)8-13(16)19)20-6-7-25-17(10-20)11-4-2-3-5-12(11)18/h2-5,8-9,17H,6-7,10H2,1H3. The molecule has 1 aliphatic rings. The van der Waals surface area contributed by atoms with Crippen LogP contribution in [0.4, 0.5) is 15.8 Å². The Morgan fingerprint density at radius 2 is 2.16 bits per heavy atom. The van der Waals surface area contributed by atoms with Gasteiger partial charge in [-0.25, -0.2) is 4.39 Å². The van der Waals surface area contributed by atoms with Crippen LogP contribution in [-0.2, 0) is 4.74 Å². The van der Waals surface area contributed by atoms with Crippen LogP contribution in [0, 0.1) is 15.9 Å². The molecule has 1 atom stereocenters. The predicted molar refractivity (Wildman–Crippen MR) is 94.7 cm³/mol. The van der Waals surface area contributed by atoms with Gasteiger partial charge in [-0.3, -0.25) is 10.1 Å². The topological polar surface area (TPSA) is 64.8 Å². The maximum Gasteiger partial charge on any atom is 0.295 e. The fourth-order valence-electron chi connectivity index (χ4n) is 2.88. The Bertz CT molecular complexity index is 802. The van der Waals surface area contributed by atoms with Crippen LogP contribution in [0.2, 0.25) is 0 Å². The molecule has 0 radical (unpaired) electrons. The molecule has 2 aromatic rings. The molecule has 6 nitrogen and oxygen atoms in total. The highest BCUT2D eigenvalue weighted by Gasteiger charge is 2.29. The monoisotopic (exact) mass is 410 g/mol. The third-order valence-electron chi connectivity index (χ3n) is 4.10. The Morgan fingerprint density at radius 1 is 1.40 bits per heavy atom. The number of methoxy groups -OCH3 is 1. The van der Waals surface area contributed by atoms with Gasteiger partial charge in [0.05, 0.1) is 24.7 Å². The van der Waals surface area contributed by atoms with Gasteiger partial charge >= 0.3 is 0 Å². The number of halogens is 2. The molecule has 0 bridgehead atoms. The van der Waals surface area contributed by atoms with E-state index < -0.39 is 10.7 Å². The SMILES string of the molecule is COc1cc(N2CCOC(c3ccccc3Br)C2)c([N+](=O)[O-])cc1F. The number of nitro groups is 1. The lowest BCUT2D eigenvalue weighted by atomic mass is 10.1. The molecule has 132 valence electrons. The van der Waals surface area contributed by atoms with Gasteiger partial charge in [0.2, 0.25) is 0 Å². The van der Waals surface area contributed by atoms with E-state index >= 15 is 0 Å². The number of morpholine rings is 1. The van der Waals surface area contributed by atoms with Crippen molar-refractivity contribution in [3.05, 3.63) is 62.4 Å². The van der Waals surface area contributed by atoms with Gasteiger partial charge in [0.25, 0.3) is 5.69 Å². The van der Waals surface area contributed by atoms with Gasteiger partial charge in [0.15, 0.2) is 11.6 Å². The first kappa shape index (κ1) is 17.6. The van der Waals surface area contributed by atoms with Crippen LogP contribution in [0.25, 0.3) is 0 Å². The molecule has 1 aliphatic heterocycles.